The maximum absolute atomic E-state index is 12.9. The second-order valence-corrected chi connectivity index (χ2v) is 5.36. The lowest BCUT2D eigenvalue weighted by Crippen LogP contribution is -2.30. The Kier molecular flexibility index (Phi) is 4.69. The highest BCUT2D eigenvalue weighted by molar-refractivity contribution is 9.10. The number of benzene rings is 2. The summed E-state index contributed by atoms with van der Waals surface area (Å²) in [5.74, 6) is 5.44. The summed E-state index contributed by atoms with van der Waals surface area (Å²) >= 11 is 3.52. The van der Waals surface area contributed by atoms with E-state index in [0.717, 1.165) is 21.2 Å². The number of hydrazine groups is 1. The van der Waals surface area contributed by atoms with Crippen molar-refractivity contribution in [2.75, 3.05) is 0 Å². The first-order valence-electron chi connectivity index (χ1n) is 6.07. The van der Waals surface area contributed by atoms with Gasteiger partial charge in [-0.2, -0.15) is 0 Å². The Morgan fingerprint density at radius 1 is 1.21 bits per heavy atom. The van der Waals surface area contributed by atoms with Crippen LogP contribution in [0.25, 0.3) is 0 Å². The normalized spacial score (nSPS) is 12.4. The minimum atomic E-state index is -0.223. The molecule has 4 heteroatoms. The van der Waals surface area contributed by atoms with E-state index in [9.17, 15) is 4.39 Å². The summed E-state index contributed by atoms with van der Waals surface area (Å²) in [6, 6.07) is 12.6. The van der Waals surface area contributed by atoms with Crippen LogP contribution in [0.15, 0.2) is 46.9 Å². The van der Waals surface area contributed by atoms with E-state index in [1.165, 1.54) is 12.1 Å². The lowest BCUT2D eigenvalue weighted by Gasteiger charge is -2.19. The molecule has 2 aromatic carbocycles. The summed E-state index contributed by atoms with van der Waals surface area (Å²) in [7, 11) is 0. The van der Waals surface area contributed by atoms with Gasteiger partial charge in [-0.05, 0) is 48.2 Å². The molecule has 3 N–H and O–H groups in total. The van der Waals surface area contributed by atoms with E-state index in [2.05, 4.69) is 28.3 Å². The lowest BCUT2D eigenvalue weighted by atomic mass is 9.96. The molecule has 100 valence electrons. The van der Waals surface area contributed by atoms with E-state index in [4.69, 9.17) is 5.84 Å². The number of nitrogens with one attached hydrogen (secondary N) is 1. The summed E-state index contributed by atoms with van der Waals surface area (Å²) in [4.78, 5) is 0. The van der Waals surface area contributed by atoms with Crippen molar-refractivity contribution in [3.8, 4) is 0 Å². The van der Waals surface area contributed by atoms with Crippen molar-refractivity contribution >= 4 is 15.9 Å². The van der Waals surface area contributed by atoms with Crippen LogP contribution < -0.4 is 11.3 Å². The van der Waals surface area contributed by atoms with Crippen LogP contribution in [0.2, 0.25) is 0 Å². The van der Waals surface area contributed by atoms with Crippen molar-refractivity contribution in [2.45, 2.75) is 19.4 Å². The predicted molar refractivity (Wildman–Crippen MR) is 79.0 cm³/mol. The van der Waals surface area contributed by atoms with Gasteiger partial charge in [0.2, 0.25) is 0 Å². The van der Waals surface area contributed by atoms with Gasteiger partial charge in [0.15, 0.2) is 0 Å². The standard InChI is InChI=1S/C15H16BrFN2/c1-10-13(3-2-4-14(10)16)15(19-18)9-11-5-7-12(17)8-6-11/h2-8,15,19H,9,18H2,1H3. The molecule has 1 unspecified atom stereocenters. The first-order chi connectivity index (χ1) is 9.11. The van der Waals surface area contributed by atoms with Gasteiger partial charge >= 0.3 is 0 Å². The van der Waals surface area contributed by atoms with Gasteiger partial charge in [-0.3, -0.25) is 11.3 Å². The summed E-state index contributed by atoms with van der Waals surface area (Å²) in [5.41, 5.74) is 6.18. The smallest absolute Gasteiger partial charge is 0.123 e. The Labute approximate surface area is 120 Å². The molecule has 0 fully saturated rings. The van der Waals surface area contributed by atoms with Gasteiger partial charge in [0.1, 0.15) is 5.82 Å². The summed E-state index contributed by atoms with van der Waals surface area (Å²) in [5, 5.41) is 0. The van der Waals surface area contributed by atoms with Crippen molar-refractivity contribution in [2.24, 2.45) is 5.84 Å². The monoisotopic (exact) mass is 322 g/mol. The largest absolute Gasteiger partial charge is 0.271 e. The molecule has 0 saturated carbocycles. The van der Waals surface area contributed by atoms with Crippen molar-refractivity contribution in [3.63, 3.8) is 0 Å². The fourth-order valence-electron chi connectivity index (χ4n) is 2.12. The molecule has 0 amide bonds. The maximum Gasteiger partial charge on any atom is 0.123 e. The number of hydrogen-bond donors (Lipinski definition) is 2. The van der Waals surface area contributed by atoms with Crippen LogP contribution in [0, 0.1) is 12.7 Å². The molecule has 2 nitrogen and oxygen atoms in total. The van der Waals surface area contributed by atoms with Gasteiger partial charge in [-0.25, -0.2) is 4.39 Å². The van der Waals surface area contributed by atoms with Gasteiger partial charge in [0.05, 0.1) is 6.04 Å². The zero-order valence-electron chi connectivity index (χ0n) is 10.7. The quantitative estimate of drug-likeness (QED) is 0.666. The zero-order valence-corrected chi connectivity index (χ0v) is 12.2. The third-order valence-electron chi connectivity index (χ3n) is 3.24. The third-order valence-corrected chi connectivity index (χ3v) is 4.10. The molecule has 19 heavy (non-hydrogen) atoms. The molecule has 1 atom stereocenters. The highest BCUT2D eigenvalue weighted by Crippen LogP contribution is 2.26. The fraction of sp³-hybridized carbons (Fsp3) is 0.200. The van der Waals surface area contributed by atoms with Crippen molar-refractivity contribution in [3.05, 3.63) is 69.4 Å². The summed E-state index contributed by atoms with van der Waals surface area (Å²) in [6.07, 6.45) is 0.716. The molecule has 2 aromatic rings. The van der Waals surface area contributed by atoms with Crippen LogP contribution in [-0.4, -0.2) is 0 Å². The predicted octanol–water partition coefficient (Wildman–Crippen LogP) is 3.64. The second-order valence-electron chi connectivity index (χ2n) is 4.50. The molecule has 0 spiro atoms. The highest BCUT2D eigenvalue weighted by atomic mass is 79.9. The van der Waals surface area contributed by atoms with E-state index in [1.807, 2.05) is 18.2 Å². The average molecular weight is 323 g/mol. The number of rotatable bonds is 4. The molecular weight excluding hydrogens is 307 g/mol. The topological polar surface area (TPSA) is 38.0 Å². The van der Waals surface area contributed by atoms with Crippen molar-refractivity contribution < 1.29 is 4.39 Å². The minimum absolute atomic E-state index is 0.00274. The molecule has 0 saturated heterocycles. The molecule has 0 bridgehead atoms. The summed E-state index contributed by atoms with van der Waals surface area (Å²) < 4.78 is 14.0. The third kappa shape index (κ3) is 3.41. The first kappa shape index (κ1) is 14.2. The van der Waals surface area contributed by atoms with Crippen LogP contribution >= 0.6 is 15.9 Å². The number of nitrogens with two attached hydrogens (primary N) is 1. The fourth-order valence-corrected chi connectivity index (χ4v) is 2.50. The molecule has 0 aliphatic rings. The highest BCUT2D eigenvalue weighted by Gasteiger charge is 2.14. The van der Waals surface area contributed by atoms with Crippen molar-refractivity contribution in [1.29, 1.82) is 0 Å². The van der Waals surface area contributed by atoms with Gasteiger partial charge in [0, 0.05) is 4.47 Å². The van der Waals surface area contributed by atoms with Gasteiger partial charge < -0.3 is 0 Å². The Morgan fingerprint density at radius 3 is 2.53 bits per heavy atom. The van der Waals surface area contributed by atoms with Crippen LogP contribution in [0.5, 0.6) is 0 Å². The van der Waals surface area contributed by atoms with Crippen LogP contribution in [-0.2, 0) is 6.42 Å². The second kappa shape index (κ2) is 6.28. The first-order valence-corrected chi connectivity index (χ1v) is 6.86. The summed E-state index contributed by atoms with van der Waals surface area (Å²) in [6.45, 7) is 2.05. The van der Waals surface area contributed by atoms with E-state index >= 15 is 0 Å². The Hall–Kier alpha value is -1.23. The number of hydrogen-bond acceptors (Lipinski definition) is 2. The number of halogens is 2. The molecule has 0 aliphatic carbocycles. The van der Waals surface area contributed by atoms with Crippen LogP contribution in [0.4, 0.5) is 4.39 Å². The van der Waals surface area contributed by atoms with E-state index in [0.29, 0.717) is 6.42 Å². The average Bonchev–Trinajstić information content (AvgIpc) is 2.42. The Bertz CT molecular complexity index is 555. The molecule has 0 aromatic heterocycles. The Balaban J connectivity index is 2.25. The molecule has 0 radical (unpaired) electrons. The van der Waals surface area contributed by atoms with Crippen LogP contribution in [0.3, 0.4) is 0 Å². The van der Waals surface area contributed by atoms with E-state index < -0.39 is 0 Å². The lowest BCUT2D eigenvalue weighted by molar-refractivity contribution is 0.548. The molecular formula is C15H16BrFN2. The Morgan fingerprint density at radius 2 is 1.89 bits per heavy atom. The zero-order chi connectivity index (χ0) is 13.8. The van der Waals surface area contributed by atoms with Gasteiger partial charge in [-0.1, -0.05) is 40.2 Å². The van der Waals surface area contributed by atoms with Gasteiger partial charge in [-0.15, -0.1) is 0 Å². The maximum atomic E-state index is 12.9. The van der Waals surface area contributed by atoms with Gasteiger partial charge in [0.25, 0.3) is 0 Å². The molecule has 0 heterocycles. The molecule has 0 aliphatic heterocycles. The van der Waals surface area contributed by atoms with Crippen molar-refractivity contribution in [1.82, 2.24) is 5.43 Å². The molecule has 2 rings (SSSR count). The van der Waals surface area contributed by atoms with Crippen LogP contribution in [0.1, 0.15) is 22.7 Å². The minimum Gasteiger partial charge on any atom is -0.271 e. The van der Waals surface area contributed by atoms with E-state index in [1.54, 1.807) is 12.1 Å². The SMILES string of the molecule is Cc1c(Br)cccc1C(Cc1ccc(F)cc1)NN. The van der Waals surface area contributed by atoms with E-state index in [-0.39, 0.29) is 11.9 Å².